The molecule has 0 spiro atoms. The number of likely N-dealkylation sites (tertiary alicyclic amines) is 1. The van der Waals surface area contributed by atoms with Crippen molar-refractivity contribution < 1.29 is 24.0 Å². The van der Waals surface area contributed by atoms with Gasteiger partial charge >= 0.3 is 0 Å². The monoisotopic (exact) mass is 344 g/mol. The van der Waals surface area contributed by atoms with Crippen molar-refractivity contribution in [2.75, 3.05) is 38.3 Å². The van der Waals surface area contributed by atoms with Gasteiger partial charge in [-0.25, -0.2) is 0 Å². The average molecular weight is 344 g/mol. The standard InChI is InChI=1S/C18H21N3O4/c1-2-7-19-17(22)11-21-8-5-13(6-9-21)18(23)20-14-3-4-15-16(10-14)25-12-24-15/h1,3-4,10,13H,5-9,11-12H2,(H,19,22)(H,20,23)/p+1. The number of amides is 2. The molecule has 7 nitrogen and oxygen atoms in total. The number of hydrogen-bond donors (Lipinski definition) is 3. The molecule has 0 bridgehead atoms. The normalized spacial score (nSPS) is 21.2. The van der Waals surface area contributed by atoms with E-state index in [1.807, 2.05) is 6.07 Å². The van der Waals surface area contributed by atoms with E-state index in [1.165, 1.54) is 4.90 Å². The number of quaternary nitrogens is 1. The Bertz CT molecular complexity index is 690. The molecule has 2 aliphatic heterocycles. The lowest BCUT2D eigenvalue weighted by Gasteiger charge is -2.28. The highest BCUT2D eigenvalue weighted by molar-refractivity contribution is 5.93. The first-order chi connectivity index (χ1) is 12.2. The van der Waals surface area contributed by atoms with Crippen molar-refractivity contribution in [2.24, 2.45) is 5.92 Å². The number of fused-ring (bicyclic) bond motifs is 1. The van der Waals surface area contributed by atoms with E-state index in [9.17, 15) is 9.59 Å². The van der Waals surface area contributed by atoms with Crippen molar-refractivity contribution in [3.8, 4) is 23.8 Å². The van der Waals surface area contributed by atoms with Crippen LogP contribution in [0.2, 0.25) is 0 Å². The molecule has 2 heterocycles. The van der Waals surface area contributed by atoms with E-state index in [2.05, 4.69) is 16.6 Å². The predicted molar refractivity (Wildman–Crippen MR) is 91.3 cm³/mol. The number of benzene rings is 1. The van der Waals surface area contributed by atoms with Crippen molar-refractivity contribution >= 4 is 17.5 Å². The van der Waals surface area contributed by atoms with Crippen LogP contribution in [0.25, 0.3) is 0 Å². The van der Waals surface area contributed by atoms with Gasteiger partial charge in [0.1, 0.15) is 0 Å². The summed E-state index contributed by atoms with van der Waals surface area (Å²) >= 11 is 0. The molecule has 7 heteroatoms. The zero-order valence-corrected chi connectivity index (χ0v) is 14.0. The number of nitrogens with one attached hydrogen (secondary N) is 3. The van der Waals surface area contributed by atoms with E-state index in [0.29, 0.717) is 23.7 Å². The summed E-state index contributed by atoms with van der Waals surface area (Å²) in [4.78, 5) is 25.3. The van der Waals surface area contributed by atoms with Gasteiger partial charge in [0.05, 0.1) is 19.6 Å². The van der Waals surface area contributed by atoms with E-state index >= 15 is 0 Å². The summed E-state index contributed by atoms with van der Waals surface area (Å²) in [7, 11) is 0. The van der Waals surface area contributed by atoms with E-state index in [0.717, 1.165) is 25.9 Å². The minimum absolute atomic E-state index is 0.00898. The van der Waals surface area contributed by atoms with E-state index < -0.39 is 0 Å². The highest BCUT2D eigenvalue weighted by atomic mass is 16.7. The molecule has 0 unspecified atom stereocenters. The maximum Gasteiger partial charge on any atom is 0.275 e. The van der Waals surface area contributed by atoms with Crippen LogP contribution < -0.4 is 25.0 Å². The second-order valence-corrected chi connectivity index (χ2v) is 6.24. The molecule has 0 saturated carbocycles. The summed E-state index contributed by atoms with van der Waals surface area (Å²) in [6.07, 6.45) is 6.64. The fourth-order valence-electron chi connectivity index (χ4n) is 3.12. The average Bonchev–Trinajstić information content (AvgIpc) is 3.08. The van der Waals surface area contributed by atoms with E-state index in [4.69, 9.17) is 15.9 Å². The lowest BCUT2D eigenvalue weighted by atomic mass is 9.96. The van der Waals surface area contributed by atoms with Gasteiger partial charge in [-0.2, -0.15) is 0 Å². The third-order valence-corrected chi connectivity index (χ3v) is 4.50. The van der Waals surface area contributed by atoms with Crippen LogP contribution in [-0.2, 0) is 9.59 Å². The zero-order chi connectivity index (χ0) is 17.6. The van der Waals surface area contributed by atoms with Crippen LogP contribution in [0.1, 0.15) is 12.8 Å². The molecule has 3 N–H and O–H groups in total. The summed E-state index contributed by atoms with van der Waals surface area (Å²) in [5.41, 5.74) is 0.706. The Balaban J connectivity index is 1.45. The van der Waals surface area contributed by atoms with Crippen molar-refractivity contribution in [2.45, 2.75) is 12.8 Å². The molecular formula is C18H22N3O4+. The molecule has 3 rings (SSSR count). The molecule has 1 saturated heterocycles. The highest BCUT2D eigenvalue weighted by Crippen LogP contribution is 2.34. The van der Waals surface area contributed by atoms with Crippen LogP contribution in [0, 0.1) is 18.3 Å². The molecule has 0 aliphatic carbocycles. The van der Waals surface area contributed by atoms with Crippen molar-refractivity contribution in [3.63, 3.8) is 0 Å². The third kappa shape index (κ3) is 4.43. The van der Waals surface area contributed by atoms with Gasteiger partial charge in [-0.3, -0.25) is 9.59 Å². The Labute approximate surface area is 146 Å². The van der Waals surface area contributed by atoms with Crippen LogP contribution in [0.15, 0.2) is 18.2 Å². The topological polar surface area (TPSA) is 81.1 Å². The van der Waals surface area contributed by atoms with Crippen molar-refractivity contribution in [1.29, 1.82) is 0 Å². The largest absolute Gasteiger partial charge is 0.454 e. The number of carbonyl (C=O) groups is 2. The number of carbonyl (C=O) groups excluding carboxylic acids is 2. The summed E-state index contributed by atoms with van der Waals surface area (Å²) in [5.74, 6) is 3.65. The lowest BCUT2D eigenvalue weighted by Crippen LogP contribution is -3.14. The summed E-state index contributed by atoms with van der Waals surface area (Å²) < 4.78 is 10.6. The second-order valence-electron chi connectivity index (χ2n) is 6.24. The molecule has 2 aliphatic rings. The fourth-order valence-corrected chi connectivity index (χ4v) is 3.12. The van der Waals surface area contributed by atoms with Gasteiger partial charge in [0.25, 0.3) is 5.91 Å². The number of rotatable bonds is 5. The number of hydrogen-bond acceptors (Lipinski definition) is 4. The number of anilines is 1. The van der Waals surface area contributed by atoms with Gasteiger partial charge < -0.3 is 25.0 Å². The molecule has 1 fully saturated rings. The summed E-state index contributed by atoms with van der Waals surface area (Å²) in [5, 5.41) is 5.61. The number of ether oxygens (including phenoxy) is 2. The molecule has 132 valence electrons. The first-order valence-corrected chi connectivity index (χ1v) is 8.40. The Morgan fingerprint density at radius 2 is 2.00 bits per heavy atom. The summed E-state index contributed by atoms with van der Waals surface area (Å²) in [6.45, 7) is 2.46. The van der Waals surface area contributed by atoms with Crippen LogP contribution >= 0.6 is 0 Å². The fraction of sp³-hybridized carbons (Fsp3) is 0.444. The smallest absolute Gasteiger partial charge is 0.275 e. The predicted octanol–water partition coefficient (Wildman–Crippen LogP) is -0.602. The van der Waals surface area contributed by atoms with Gasteiger partial charge in [-0.1, -0.05) is 5.92 Å². The second kappa shape index (κ2) is 7.90. The quantitative estimate of drug-likeness (QED) is 0.623. The Morgan fingerprint density at radius 3 is 2.76 bits per heavy atom. The van der Waals surface area contributed by atoms with Gasteiger partial charge in [0.2, 0.25) is 12.7 Å². The molecule has 25 heavy (non-hydrogen) atoms. The van der Waals surface area contributed by atoms with Crippen molar-refractivity contribution in [3.05, 3.63) is 18.2 Å². The molecule has 2 amide bonds. The van der Waals surface area contributed by atoms with Gasteiger partial charge in [-0.05, 0) is 12.1 Å². The Kier molecular flexibility index (Phi) is 5.41. The van der Waals surface area contributed by atoms with Crippen LogP contribution in [-0.4, -0.2) is 44.8 Å². The molecule has 0 aromatic heterocycles. The molecule has 1 aromatic rings. The van der Waals surface area contributed by atoms with E-state index in [1.54, 1.807) is 12.1 Å². The zero-order valence-electron chi connectivity index (χ0n) is 14.0. The minimum atomic E-state index is -0.0452. The van der Waals surface area contributed by atoms with Crippen molar-refractivity contribution in [1.82, 2.24) is 5.32 Å². The maximum absolute atomic E-state index is 12.4. The lowest BCUT2D eigenvalue weighted by molar-refractivity contribution is -0.897. The van der Waals surface area contributed by atoms with Gasteiger partial charge in [0.15, 0.2) is 18.0 Å². The third-order valence-electron chi connectivity index (χ3n) is 4.50. The molecular weight excluding hydrogens is 322 g/mol. The first kappa shape index (κ1) is 17.1. The number of terminal acetylenes is 1. The van der Waals surface area contributed by atoms with Crippen LogP contribution in [0.4, 0.5) is 5.69 Å². The Morgan fingerprint density at radius 1 is 1.24 bits per heavy atom. The van der Waals surface area contributed by atoms with Crippen LogP contribution in [0.3, 0.4) is 0 Å². The van der Waals surface area contributed by atoms with E-state index in [-0.39, 0.29) is 31.1 Å². The number of piperidine rings is 1. The molecule has 0 atom stereocenters. The SMILES string of the molecule is C#CCNC(=O)C[NH+]1CCC(C(=O)Nc2ccc3c(c2)OCO3)CC1. The van der Waals surface area contributed by atoms with Gasteiger partial charge in [0, 0.05) is 30.5 Å². The minimum Gasteiger partial charge on any atom is -0.454 e. The maximum atomic E-state index is 12.4. The van der Waals surface area contributed by atoms with Gasteiger partial charge in [-0.15, -0.1) is 6.42 Å². The molecule has 1 aromatic carbocycles. The summed E-state index contributed by atoms with van der Waals surface area (Å²) in [6, 6.07) is 5.37. The highest BCUT2D eigenvalue weighted by Gasteiger charge is 2.28. The van der Waals surface area contributed by atoms with Crippen LogP contribution in [0.5, 0.6) is 11.5 Å². The first-order valence-electron chi connectivity index (χ1n) is 8.40. The molecule has 0 radical (unpaired) electrons. The Hall–Kier alpha value is -2.72.